The van der Waals surface area contributed by atoms with Gasteiger partial charge in [-0.05, 0) is 55.9 Å². The summed E-state index contributed by atoms with van der Waals surface area (Å²) < 4.78 is 35.5. The van der Waals surface area contributed by atoms with Gasteiger partial charge in [-0.15, -0.1) is 0 Å². The number of amides is 1. The van der Waals surface area contributed by atoms with Crippen LogP contribution in [0.25, 0.3) is 0 Å². The number of likely N-dealkylation sites (N-methyl/N-ethyl adjacent to an activating group) is 1. The van der Waals surface area contributed by atoms with Crippen LogP contribution in [-0.2, 0) is 31.9 Å². The normalized spacial score (nSPS) is 15.9. The molecule has 0 bridgehead atoms. The van der Waals surface area contributed by atoms with Gasteiger partial charge in [-0.2, -0.15) is 8.42 Å². The minimum Gasteiger partial charge on any atom is -0.467 e. The Morgan fingerprint density at radius 1 is 1.21 bits per heavy atom. The fraction of sp³-hybridized carbons (Fsp3) is 0.400. The molecule has 1 aromatic carbocycles. The van der Waals surface area contributed by atoms with Crippen LogP contribution in [0.2, 0.25) is 0 Å². The number of fused-ring (bicyclic) bond motifs is 1. The van der Waals surface area contributed by atoms with E-state index in [4.69, 9.17) is 8.92 Å². The van der Waals surface area contributed by atoms with Gasteiger partial charge in [0.25, 0.3) is 16.0 Å². The van der Waals surface area contributed by atoms with Crippen LogP contribution in [0.5, 0.6) is 5.88 Å². The van der Waals surface area contributed by atoms with Crippen LogP contribution in [0.15, 0.2) is 35.4 Å². The van der Waals surface area contributed by atoms with Gasteiger partial charge in [-0.1, -0.05) is 17.7 Å². The Balaban J connectivity index is 1.64. The Labute approximate surface area is 165 Å². The molecule has 1 atom stereocenters. The molecule has 1 aromatic heterocycles. The molecule has 1 amide bonds. The molecule has 7 nitrogen and oxygen atoms in total. The molecule has 1 heterocycles. The van der Waals surface area contributed by atoms with Gasteiger partial charge in [-0.3, -0.25) is 8.98 Å². The fourth-order valence-electron chi connectivity index (χ4n) is 3.24. The maximum atomic E-state index is 12.4. The van der Waals surface area contributed by atoms with E-state index < -0.39 is 10.1 Å². The van der Waals surface area contributed by atoms with Gasteiger partial charge in [-0.25, -0.2) is 4.98 Å². The first kappa shape index (κ1) is 20.3. The van der Waals surface area contributed by atoms with Crippen molar-refractivity contribution in [3.05, 3.63) is 52.7 Å². The molecule has 150 valence electrons. The van der Waals surface area contributed by atoms with Crippen molar-refractivity contribution >= 4 is 16.0 Å². The van der Waals surface area contributed by atoms with E-state index in [1.165, 1.54) is 0 Å². The number of nitrogens with one attached hydrogen (secondary N) is 1. The van der Waals surface area contributed by atoms with E-state index in [0.717, 1.165) is 22.3 Å². The number of carbonyl (C=O) groups is 1. The lowest BCUT2D eigenvalue weighted by atomic mass is 10.1. The Kier molecular flexibility index (Phi) is 6.00. The van der Waals surface area contributed by atoms with Crippen LogP contribution in [0.3, 0.4) is 0 Å². The molecule has 1 aliphatic carbocycles. The largest absolute Gasteiger partial charge is 0.467 e. The molecular weight excluding hydrogens is 380 g/mol. The second kappa shape index (κ2) is 8.28. The van der Waals surface area contributed by atoms with E-state index in [1.54, 1.807) is 37.5 Å². The zero-order chi connectivity index (χ0) is 20.3. The Bertz CT molecular complexity index is 971. The van der Waals surface area contributed by atoms with Crippen molar-refractivity contribution in [3.63, 3.8) is 0 Å². The van der Waals surface area contributed by atoms with Gasteiger partial charge >= 0.3 is 0 Å². The molecule has 1 unspecified atom stereocenters. The van der Waals surface area contributed by atoms with Gasteiger partial charge in [0.2, 0.25) is 5.88 Å². The Morgan fingerprint density at radius 2 is 1.93 bits per heavy atom. The van der Waals surface area contributed by atoms with Crippen molar-refractivity contribution in [2.75, 3.05) is 20.3 Å². The molecule has 1 N–H and O–H groups in total. The predicted octanol–water partition coefficient (Wildman–Crippen LogP) is 1.94. The molecule has 0 fully saturated rings. The summed E-state index contributed by atoms with van der Waals surface area (Å²) in [5, 5.41) is 2.50. The topological polar surface area (TPSA) is 94.6 Å². The molecule has 0 aliphatic heterocycles. The highest BCUT2D eigenvalue weighted by Crippen LogP contribution is 2.33. The molecule has 0 spiro atoms. The number of hydrogen-bond donors (Lipinski definition) is 1. The predicted molar refractivity (Wildman–Crippen MR) is 104 cm³/mol. The maximum Gasteiger partial charge on any atom is 0.296 e. The van der Waals surface area contributed by atoms with Crippen molar-refractivity contribution in [1.82, 2.24) is 10.3 Å². The lowest BCUT2D eigenvalue weighted by molar-refractivity contribution is -0.122. The Morgan fingerprint density at radius 3 is 2.61 bits per heavy atom. The van der Waals surface area contributed by atoms with Gasteiger partial charge in [0.15, 0.2) is 6.61 Å². The number of aryl methyl sites for hydroxylation is 1. The molecule has 0 saturated carbocycles. The maximum absolute atomic E-state index is 12.4. The third kappa shape index (κ3) is 4.51. The van der Waals surface area contributed by atoms with Gasteiger partial charge in [0.1, 0.15) is 0 Å². The van der Waals surface area contributed by atoms with Crippen LogP contribution in [0, 0.1) is 19.8 Å². The highest BCUT2D eigenvalue weighted by Gasteiger charge is 2.27. The summed E-state index contributed by atoms with van der Waals surface area (Å²) in [4.78, 5) is 15.8. The summed E-state index contributed by atoms with van der Waals surface area (Å²) >= 11 is 0. The summed E-state index contributed by atoms with van der Waals surface area (Å²) in [6, 6.07) is 6.60. The first-order valence-corrected chi connectivity index (χ1v) is 10.5. The van der Waals surface area contributed by atoms with Crippen molar-refractivity contribution in [2.45, 2.75) is 31.6 Å². The van der Waals surface area contributed by atoms with Crippen molar-refractivity contribution in [3.8, 4) is 5.88 Å². The number of hydrogen-bond acceptors (Lipinski definition) is 6. The second-order valence-electron chi connectivity index (χ2n) is 6.98. The zero-order valence-corrected chi connectivity index (χ0v) is 17.0. The van der Waals surface area contributed by atoms with Crippen LogP contribution in [0.1, 0.15) is 22.3 Å². The molecule has 0 saturated heterocycles. The first-order valence-electron chi connectivity index (χ1n) is 9.07. The molecule has 8 heteroatoms. The highest BCUT2D eigenvalue weighted by atomic mass is 32.2. The lowest BCUT2D eigenvalue weighted by Gasteiger charge is -2.11. The third-order valence-electron chi connectivity index (χ3n) is 4.89. The summed E-state index contributed by atoms with van der Waals surface area (Å²) in [5.41, 5.74) is 4.02. The SMILES string of the molecule is CNC(=O)COc1ncc2c(c1C)CC(COS(=O)(=O)c1ccc(C)cc1)C2. The van der Waals surface area contributed by atoms with Crippen LogP contribution in [-0.4, -0.2) is 39.6 Å². The average molecular weight is 404 g/mol. The summed E-state index contributed by atoms with van der Waals surface area (Å²) in [7, 11) is -2.23. The van der Waals surface area contributed by atoms with E-state index in [2.05, 4.69) is 10.3 Å². The van der Waals surface area contributed by atoms with Crippen LogP contribution >= 0.6 is 0 Å². The number of carbonyl (C=O) groups excluding carboxylic acids is 1. The smallest absolute Gasteiger partial charge is 0.296 e. The van der Waals surface area contributed by atoms with Crippen LogP contribution in [0.4, 0.5) is 0 Å². The lowest BCUT2D eigenvalue weighted by Crippen LogP contribution is -2.25. The summed E-state index contributed by atoms with van der Waals surface area (Å²) in [5.74, 6) is 0.246. The van der Waals surface area contributed by atoms with Crippen LogP contribution < -0.4 is 10.1 Å². The number of ether oxygens (including phenoxy) is 1. The molecular formula is C20H24N2O5S. The average Bonchev–Trinajstić information content (AvgIpc) is 3.10. The molecule has 28 heavy (non-hydrogen) atoms. The Hall–Kier alpha value is -2.45. The highest BCUT2D eigenvalue weighted by molar-refractivity contribution is 7.86. The monoisotopic (exact) mass is 404 g/mol. The second-order valence-corrected chi connectivity index (χ2v) is 8.60. The van der Waals surface area contributed by atoms with E-state index in [-0.39, 0.29) is 29.9 Å². The minimum atomic E-state index is -3.78. The van der Waals surface area contributed by atoms with E-state index in [9.17, 15) is 13.2 Å². The van der Waals surface area contributed by atoms with Gasteiger partial charge in [0, 0.05) is 18.8 Å². The van der Waals surface area contributed by atoms with Crippen molar-refractivity contribution < 1.29 is 22.1 Å². The van der Waals surface area contributed by atoms with E-state index in [1.807, 2.05) is 13.8 Å². The standard InChI is InChI=1S/C20H24N2O5S/c1-13-4-6-17(7-5-13)28(24,25)27-11-15-8-16-10-22-20(14(2)18(16)9-15)26-12-19(23)21-3/h4-7,10,15H,8-9,11-12H2,1-3H3,(H,21,23). The number of nitrogens with zero attached hydrogens (tertiary/aromatic N) is 1. The zero-order valence-electron chi connectivity index (χ0n) is 16.2. The third-order valence-corrected chi connectivity index (χ3v) is 6.18. The summed E-state index contributed by atoms with van der Waals surface area (Å²) in [6.07, 6.45) is 3.11. The van der Waals surface area contributed by atoms with Crippen molar-refractivity contribution in [2.24, 2.45) is 5.92 Å². The number of rotatable bonds is 7. The fourth-order valence-corrected chi connectivity index (χ4v) is 4.22. The number of pyridine rings is 1. The minimum absolute atomic E-state index is 0.0462. The molecule has 1 aliphatic rings. The van der Waals surface area contributed by atoms with E-state index in [0.29, 0.717) is 18.7 Å². The van der Waals surface area contributed by atoms with Crippen molar-refractivity contribution in [1.29, 1.82) is 0 Å². The first-order chi connectivity index (χ1) is 13.3. The molecule has 0 radical (unpaired) electrons. The number of aromatic nitrogens is 1. The summed E-state index contributed by atoms with van der Waals surface area (Å²) in [6.45, 7) is 3.82. The molecule has 2 aromatic rings. The number of benzene rings is 1. The van der Waals surface area contributed by atoms with E-state index >= 15 is 0 Å². The van der Waals surface area contributed by atoms with Gasteiger partial charge < -0.3 is 10.1 Å². The molecule has 3 rings (SSSR count). The van der Waals surface area contributed by atoms with Gasteiger partial charge in [0.05, 0.1) is 11.5 Å². The quantitative estimate of drug-likeness (QED) is 0.709.